The van der Waals surface area contributed by atoms with E-state index < -0.39 is 11.7 Å². The Morgan fingerprint density at radius 1 is 0.800 bits per heavy atom. The van der Waals surface area contributed by atoms with Gasteiger partial charge in [0.25, 0.3) is 0 Å². The summed E-state index contributed by atoms with van der Waals surface area (Å²) in [4.78, 5) is 27.7. The summed E-state index contributed by atoms with van der Waals surface area (Å²) in [7, 11) is 1.84. The Morgan fingerprint density at radius 3 is 2.02 bits per heavy atom. The summed E-state index contributed by atoms with van der Waals surface area (Å²) in [5.74, 6) is -1.86. The zero-order valence-corrected chi connectivity index (χ0v) is 25.7. The number of phenols is 1. The van der Waals surface area contributed by atoms with Crippen molar-refractivity contribution < 1.29 is 19.8 Å². The van der Waals surface area contributed by atoms with Crippen LogP contribution in [0.4, 0.5) is 5.69 Å². The maximum Gasteiger partial charge on any atom is 0.339 e. The minimum Gasteiger partial charge on any atom is -0.507 e. The zero-order valence-electron chi connectivity index (χ0n) is 24.8. The lowest BCUT2D eigenvalue weighted by Gasteiger charge is -2.26. The van der Waals surface area contributed by atoms with Crippen LogP contribution in [0.5, 0.6) is 5.75 Å². The molecule has 0 bridgehead atoms. The van der Waals surface area contributed by atoms with Gasteiger partial charge >= 0.3 is 5.97 Å². The lowest BCUT2D eigenvalue weighted by atomic mass is 9.98. The number of rotatable bonds is 10. The second kappa shape index (κ2) is 14.0. The fourth-order valence-electron chi connectivity index (χ4n) is 4.89. The minimum absolute atomic E-state index is 0.0850. The third-order valence-corrected chi connectivity index (χ3v) is 8.23. The first-order chi connectivity index (χ1) is 21.7. The molecular weight excluding hydrogens is 582 g/mol. The predicted molar refractivity (Wildman–Crippen MR) is 178 cm³/mol. The highest BCUT2D eigenvalue weighted by Crippen LogP contribution is 2.29. The minimum atomic E-state index is -1.24. The number of anilines is 1. The Kier molecular flexibility index (Phi) is 9.64. The van der Waals surface area contributed by atoms with E-state index in [4.69, 9.17) is 0 Å². The third kappa shape index (κ3) is 7.78. The number of carboxylic acid groups (broad SMARTS) is 1. The monoisotopic (exact) mass is 613 g/mol. The molecule has 224 valence electrons. The van der Waals surface area contributed by atoms with Gasteiger partial charge in [0, 0.05) is 16.6 Å². The second-order valence-corrected chi connectivity index (χ2v) is 11.9. The Labute approximate surface area is 266 Å². The highest BCUT2D eigenvalue weighted by Gasteiger charge is 2.21. The largest absolute Gasteiger partial charge is 0.507 e. The molecule has 0 aliphatic rings. The Balaban J connectivity index is 1.35. The quantitative estimate of drug-likeness (QED) is 0.155. The number of hydrogen-bond donors (Lipinski definition) is 2. The van der Waals surface area contributed by atoms with Gasteiger partial charge in [0.2, 0.25) is 5.91 Å². The standard InChI is InChI=1S/C37H31N3O4S/c1-25-6-17-33(18-7-25)45-39(2)24-36(42)40(32-16-19-34(37(43)44)35(41)21-32)23-26-8-10-28(11-9-26)29-12-14-30(15-13-29)31-5-3-4-27(20-31)22-38/h3-21,41H,23-24H2,1-2H3,(H,43,44). The fraction of sp³-hybridized carbons (Fsp3) is 0.108. The number of carbonyl (C=O) groups is 2. The third-order valence-electron chi connectivity index (χ3n) is 7.30. The molecule has 7 nitrogen and oxygen atoms in total. The number of nitriles is 1. The maximum absolute atomic E-state index is 13.7. The van der Waals surface area contributed by atoms with Gasteiger partial charge < -0.3 is 15.1 Å². The van der Waals surface area contributed by atoms with E-state index in [-0.39, 0.29) is 24.6 Å². The van der Waals surface area contributed by atoms with Gasteiger partial charge in [0.15, 0.2) is 0 Å². The molecule has 2 N–H and O–H groups in total. The van der Waals surface area contributed by atoms with Crippen LogP contribution in [0.25, 0.3) is 22.3 Å². The van der Waals surface area contributed by atoms with Crippen molar-refractivity contribution in [3.8, 4) is 34.1 Å². The maximum atomic E-state index is 13.7. The molecule has 45 heavy (non-hydrogen) atoms. The lowest BCUT2D eigenvalue weighted by molar-refractivity contribution is -0.118. The van der Waals surface area contributed by atoms with Gasteiger partial charge in [-0.15, -0.1) is 0 Å². The summed E-state index contributed by atoms with van der Waals surface area (Å²) < 4.78 is 1.84. The van der Waals surface area contributed by atoms with Gasteiger partial charge in [0.05, 0.1) is 24.7 Å². The highest BCUT2D eigenvalue weighted by atomic mass is 32.2. The Hall–Kier alpha value is -5.36. The molecule has 0 saturated heterocycles. The number of amides is 1. The van der Waals surface area contributed by atoms with Crippen molar-refractivity contribution in [2.75, 3.05) is 18.5 Å². The molecule has 5 aromatic carbocycles. The fourth-order valence-corrected chi connectivity index (χ4v) is 5.68. The molecule has 5 rings (SSSR count). The van der Waals surface area contributed by atoms with Gasteiger partial charge in [0.1, 0.15) is 11.3 Å². The van der Waals surface area contributed by atoms with Crippen LogP contribution in [0.15, 0.2) is 120 Å². The van der Waals surface area contributed by atoms with Crippen molar-refractivity contribution in [3.05, 3.63) is 138 Å². The molecule has 0 unspecified atom stereocenters. The second-order valence-electron chi connectivity index (χ2n) is 10.6. The lowest BCUT2D eigenvalue weighted by Crippen LogP contribution is -2.36. The normalized spacial score (nSPS) is 10.8. The summed E-state index contributed by atoms with van der Waals surface area (Å²) in [5, 5.41) is 29.0. The van der Waals surface area contributed by atoms with E-state index in [1.165, 1.54) is 30.1 Å². The van der Waals surface area contributed by atoms with Gasteiger partial charge in [-0.25, -0.2) is 9.10 Å². The average molecular weight is 614 g/mol. The number of aromatic carboxylic acids is 1. The van der Waals surface area contributed by atoms with Crippen LogP contribution in [0.1, 0.15) is 27.0 Å². The molecule has 0 radical (unpaired) electrons. The number of aromatic hydroxyl groups is 1. The molecule has 0 atom stereocenters. The number of carboxylic acids is 1. The van der Waals surface area contributed by atoms with Crippen LogP contribution < -0.4 is 4.90 Å². The number of aryl methyl sites for hydroxylation is 1. The number of likely N-dealkylation sites (N-methyl/N-ethyl adjacent to an activating group) is 1. The van der Waals surface area contributed by atoms with Crippen molar-refractivity contribution in [2.24, 2.45) is 0 Å². The summed E-state index contributed by atoms with van der Waals surface area (Å²) in [5.41, 5.74) is 6.83. The summed E-state index contributed by atoms with van der Waals surface area (Å²) in [6.07, 6.45) is 0. The van der Waals surface area contributed by atoms with Crippen molar-refractivity contribution in [1.82, 2.24) is 4.31 Å². The van der Waals surface area contributed by atoms with Crippen LogP contribution in [-0.4, -0.2) is 40.0 Å². The van der Waals surface area contributed by atoms with E-state index in [9.17, 15) is 25.1 Å². The molecular formula is C37H31N3O4S. The van der Waals surface area contributed by atoms with Crippen LogP contribution in [0.3, 0.4) is 0 Å². The number of benzene rings is 5. The SMILES string of the molecule is Cc1ccc(SN(C)CC(=O)N(Cc2ccc(-c3ccc(-c4cccc(C#N)c4)cc3)cc2)c2ccc(C(=O)O)c(O)c2)cc1. The summed E-state index contributed by atoms with van der Waals surface area (Å²) in [6, 6.07) is 37.9. The highest BCUT2D eigenvalue weighted by molar-refractivity contribution is 7.97. The van der Waals surface area contributed by atoms with Crippen molar-refractivity contribution >= 4 is 29.5 Å². The predicted octanol–water partition coefficient (Wildman–Crippen LogP) is 7.78. The van der Waals surface area contributed by atoms with Crippen LogP contribution in [0.2, 0.25) is 0 Å². The number of nitrogens with zero attached hydrogens (tertiary/aromatic N) is 3. The van der Waals surface area contributed by atoms with Crippen LogP contribution in [0, 0.1) is 18.3 Å². The molecule has 0 fully saturated rings. The molecule has 1 amide bonds. The molecule has 5 aromatic rings. The van der Waals surface area contributed by atoms with Crippen LogP contribution >= 0.6 is 11.9 Å². The zero-order chi connectivity index (χ0) is 31.9. The first-order valence-electron chi connectivity index (χ1n) is 14.2. The molecule has 0 aliphatic heterocycles. The van der Waals surface area contributed by atoms with Crippen molar-refractivity contribution in [2.45, 2.75) is 18.4 Å². The molecule has 8 heteroatoms. The molecule has 0 aromatic heterocycles. The van der Waals surface area contributed by atoms with Gasteiger partial charge in [-0.3, -0.25) is 4.79 Å². The first kappa shape index (κ1) is 31.1. The molecule has 0 aliphatic carbocycles. The first-order valence-corrected chi connectivity index (χ1v) is 15.0. The van der Waals surface area contributed by atoms with E-state index >= 15 is 0 Å². The topological polar surface area (TPSA) is 105 Å². The van der Waals surface area contributed by atoms with E-state index in [0.717, 1.165) is 38.3 Å². The molecule has 0 saturated carbocycles. The average Bonchev–Trinajstić information content (AvgIpc) is 3.04. The van der Waals surface area contributed by atoms with Gasteiger partial charge in [-0.1, -0.05) is 78.4 Å². The summed E-state index contributed by atoms with van der Waals surface area (Å²) in [6.45, 7) is 2.33. The van der Waals surface area contributed by atoms with E-state index in [1.807, 2.05) is 109 Å². The van der Waals surface area contributed by atoms with Crippen molar-refractivity contribution in [1.29, 1.82) is 5.26 Å². The molecule has 0 heterocycles. The van der Waals surface area contributed by atoms with Crippen LogP contribution in [-0.2, 0) is 11.3 Å². The van der Waals surface area contributed by atoms with Gasteiger partial charge in [-0.05, 0) is 90.1 Å². The summed E-state index contributed by atoms with van der Waals surface area (Å²) >= 11 is 1.45. The van der Waals surface area contributed by atoms with Gasteiger partial charge in [-0.2, -0.15) is 5.26 Å². The van der Waals surface area contributed by atoms with E-state index in [0.29, 0.717) is 11.3 Å². The van der Waals surface area contributed by atoms with Crippen molar-refractivity contribution in [3.63, 3.8) is 0 Å². The van der Waals surface area contributed by atoms with E-state index in [1.54, 1.807) is 11.0 Å². The smallest absolute Gasteiger partial charge is 0.339 e. The Bertz CT molecular complexity index is 1860. The number of carbonyl (C=O) groups excluding carboxylic acids is 1. The Morgan fingerprint density at radius 2 is 1.42 bits per heavy atom. The molecule has 0 spiro atoms. The number of hydrogen-bond acceptors (Lipinski definition) is 6. The van der Waals surface area contributed by atoms with E-state index in [2.05, 4.69) is 6.07 Å².